The van der Waals surface area contributed by atoms with E-state index in [1.165, 1.54) is 10.4 Å². The Bertz CT molecular complexity index is 923. The maximum Gasteiger partial charge on any atom is 0.256 e. The summed E-state index contributed by atoms with van der Waals surface area (Å²) >= 11 is 1.85. The molecule has 1 fully saturated rings. The van der Waals surface area contributed by atoms with E-state index >= 15 is 0 Å². The van der Waals surface area contributed by atoms with E-state index < -0.39 is 0 Å². The van der Waals surface area contributed by atoms with E-state index in [2.05, 4.69) is 38.7 Å². The Morgan fingerprint density at radius 3 is 2.85 bits per heavy atom. The van der Waals surface area contributed by atoms with Crippen LogP contribution in [0.4, 0.5) is 0 Å². The third-order valence-electron chi connectivity index (χ3n) is 5.24. The highest BCUT2D eigenvalue weighted by molar-refractivity contribution is 7.10. The number of thiophene rings is 1. The molecule has 26 heavy (non-hydrogen) atoms. The number of fused-ring (bicyclic) bond motifs is 1. The Morgan fingerprint density at radius 1 is 1.35 bits per heavy atom. The summed E-state index contributed by atoms with van der Waals surface area (Å²) in [6.07, 6.45) is 5.59. The molecular formula is C19H23N5OS. The van der Waals surface area contributed by atoms with Gasteiger partial charge in [0.05, 0.1) is 6.20 Å². The van der Waals surface area contributed by atoms with Gasteiger partial charge in [-0.2, -0.15) is 5.10 Å². The molecule has 1 N–H and O–H groups in total. The van der Waals surface area contributed by atoms with Crippen molar-refractivity contribution in [3.05, 3.63) is 51.6 Å². The second-order valence-corrected chi connectivity index (χ2v) is 7.82. The van der Waals surface area contributed by atoms with E-state index in [0.717, 1.165) is 38.2 Å². The summed E-state index contributed by atoms with van der Waals surface area (Å²) in [5.74, 6) is 0.296. The first-order chi connectivity index (χ1) is 12.7. The maximum atomic E-state index is 12.0. The molecule has 1 aliphatic rings. The fraction of sp³-hybridized carbons (Fsp3) is 0.421. The highest BCUT2D eigenvalue weighted by Gasteiger charge is 2.24. The van der Waals surface area contributed by atoms with Gasteiger partial charge < -0.3 is 5.32 Å². The predicted molar refractivity (Wildman–Crippen MR) is 103 cm³/mol. The molecule has 1 amide bonds. The summed E-state index contributed by atoms with van der Waals surface area (Å²) in [6.45, 7) is 5.39. The van der Waals surface area contributed by atoms with Crippen molar-refractivity contribution in [3.8, 4) is 0 Å². The van der Waals surface area contributed by atoms with E-state index in [4.69, 9.17) is 0 Å². The molecule has 3 aromatic rings. The van der Waals surface area contributed by atoms with E-state index in [0.29, 0.717) is 17.1 Å². The van der Waals surface area contributed by atoms with Crippen LogP contribution in [0.15, 0.2) is 29.9 Å². The molecule has 6 nitrogen and oxygen atoms in total. The molecule has 0 aliphatic carbocycles. The van der Waals surface area contributed by atoms with Crippen molar-refractivity contribution < 1.29 is 4.79 Å². The highest BCUT2D eigenvalue weighted by atomic mass is 32.1. The Morgan fingerprint density at radius 2 is 2.15 bits per heavy atom. The topological polar surface area (TPSA) is 62.5 Å². The molecule has 3 aromatic heterocycles. The summed E-state index contributed by atoms with van der Waals surface area (Å²) in [7, 11) is 1.63. The van der Waals surface area contributed by atoms with Crippen molar-refractivity contribution >= 4 is 22.9 Å². The lowest BCUT2D eigenvalue weighted by molar-refractivity contribution is 0.0964. The quantitative estimate of drug-likeness (QED) is 0.768. The zero-order valence-corrected chi connectivity index (χ0v) is 15.9. The Hall–Kier alpha value is -2.25. The van der Waals surface area contributed by atoms with Crippen LogP contribution in [0.2, 0.25) is 0 Å². The van der Waals surface area contributed by atoms with Gasteiger partial charge in [-0.15, -0.1) is 11.3 Å². The highest BCUT2D eigenvalue weighted by Crippen LogP contribution is 2.30. The zero-order valence-electron chi connectivity index (χ0n) is 15.1. The van der Waals surface area contributed by atoms with Crippen molar-refractivity contribution in [2.24, 2.45) is 0 Å². The van der Waals surface area contributed by atoms with Crippen molar-refractivity contribution in [1.82, 2.24) is 24.8 Å². The number of carbonyl (C=O) groups excluding carboxylic acids is 1. The fourth-order valence-corrected chi connectivity index (χ4v) is 4.62. The maximum absolute atomic E-state index is 12.0. The monoisotopic (exact) mass is 369 g/mol. The van der Waals surface area contributed by atoms with E-state index in [9.17, 15) is 4.79 Å². The summed E-state index contributed by atoms with van der Waals surface area (Å²) in [6, 6.07) is 4.24. The van der Waals surface area contributed by atoms with Gasteiger partial charge in [0.15, 0.2) is 5.65 Å². The van der Waals surface area contributed by atoms with Crippen molar-refractivity contribution in [2.75, 3.05) is 20.1 Å². The van der Waals surface area contributed by atoms with E-state index in [1.807, 2.05) is 21.9 Å². The molecule has 4 rings (SSSR count). The normalized spacial score (nSPS) is 16.2. The number of likely N-dealkylation sites (tertiary alicyclic amines) is 1. The molecule has 7 heteroatoms. The largest absolute Gasteiger partial charge is 0.355 e. The van der Waals surface area contributed by atoms with Crippen LogP contribution in [-0.4, -0.2) is 45.5 Å². The third-order valence-corrected chi connectivity index (χ3v) is 6.25. The number of hydrogen-bond acceptors (Lipinski definition) is 5. The van der Waals surface area contributed by atoms with Gasteiger partial charge in [-0.05, 0) is 55.9 Å². The van der Waals surface area contributed by atoms with Crippen molar-refractivity contribution in [1.29, 1.82) is 0 Å². The number of piperidine rings is 1. The van der Waals surface area contributed by atoms with Crippen molar-refractivity contribution in [3.63, 3.8) is 0 Å². The van der Waals surface area contributed by atoms with E-state index in [1.54, 1.807) is 19.4 Å². The minimum atomic E-state index is -0.147. The summed E-state index contributed by atoms with van der Waals surface area (Å²) < 4.78 is 1.84. The first-order valence-electron chi connectivity index (χ1n) is 8.97. The molecule has 0 bridgehead atoms. The number of rotatable bonds is 4. The van der Waals surface area contributed by atoms with E-state index in [-0.39, 0.29) is 5.91 Å². The number of carbonyl (C=O) groups is 1. The minimum Gasteiger partial charge on any atom is -0.355 e. The Balaban J connectivity index is 1.50. The van der Waals surface area contributed by atoms with Gasteiger partial charge in [-0.1, -0.05) is 0 Å². The van der Waals surface area contributed by atoms with Gasteiger partial charge in [-0.25, -0.2) is 9.50 Å². The first-order valence-corrected chi connectivity index (χ1v) is 9.85. The van der Waals surface area contributed by atoms with Gasteiger partial charge >= 0.3 is 0 Å². The second-order valence-electron chi connectivity index (χ2n) is 6.82. The fourth-order valence-electron chi connectivity index (χ4n) is 3.67. The lowest BCUT2D eigenvalue weighted by Gasteiger charge is -2.32. The summed E-state index contributed by atoms with van der Waals surface area (Å²) in [5, 5.41) is 9.26. The van der Waals surface area contributed by atoms with Crippen LogP contribution in [0.1, 0.15) is 45.3 Å². The van der Waals surface area contributed by atoms with Crippen LogP contribution >= 0.6 is 11.3 Å². The van der Waals surface area contributed by atoms with Crippen LogP contribution in [0.25, 0.3) is 5.65 Å². The van der Waals surface area contributed by atoms with Gasteiger partial charge in [0.2, 0.25) is 0 Å². The predicted octanol–water partition coefficient (Wildman–Crippen LogP) is 2.84. The Labute approximate surface area is 156 Å². The molecule has 0 spiro atoms. The summed E-state index contributed by atoms with van der Waals surface area (Å²) in [4.78, 5) is 20.4. The van der Waals surface area contributed by atoms with Crippen LogP contribution in [0, 0.1) is 6.92 Å². The van der Waals surface area contributed by atoms with Crippen LogP contribution < -0.4 is 5.32 Å². The SMILES string of the molecule is CNC(=O)c1cnn2c(C3CCN(Cc4sccc4C)CC3)ccnc12. The minimum absolute atomic E-state index is 0.147. The second kappa shape index (κ2) is 7.17. The zero-order chi connectivity index (χ0) is 18.1. The molecule has 0 saturated carbocycles. The van der Waals surface area contributed by atoms with Crippen molar-refractivity contribution in [2.45, 2.75) is 32.2 Å². The molecule has 4 heterocycles. The summed E-state index contributed by atoms with van der Waals surface area (Å²) in [5.41, 5.74) is 3.71. The van der Waals surface area contributed by atoms with Crippen LogP contribution in [0.3, 0.4) is 0 Å². The van der Waals surface area contributed by atoms with Gasteiger partial charge in [0.1, 0.15) is 5.56 Å². The number of nitrogens with one attached hydrogen (secondary N) is 1. The number of aromatic nitrogens is 3. The first kappa shape index (κ1) is 17.2. The van der Waals surface area contributed by atoms with Crippen LogP contribution in [0.5, 0.6) is 0 Å². The number of aryl methyl sites for hydroxylation is 1. The Kier molecular flexibility index (Phi) is 4.74. The molecule has 1 aliphatic heterocycles. The molecule has 0 aromatic carbocycles. The van der Waals surface area contributed by atoms with Gasteiger partial charge in [-0.3, -0.25) is 9.69 Å². The molecular weight excluding hydrogens is 346 g/mol. The average Bonchev–Trinajstić information content (AvgIpc) is 3.28. The smallest absolute Gasteiger partial charge is 0.256 e. The van der Waals surface area contributed by atoms with Gasteiger partial charge in [0, 0.05) is 36.3 Å². The molecule has 0 atom stereocenters. The number of hydrogen-bond donors (Lipinski definition) is 1. The third kappa shape index (κ3) is 3.12. The molecule has 1 saturated heterocycles. The average molecular weight is 369 g/mol. The lowest BCUT2D eigenvalue weighted by Crippen LogP contribution is -2.33. The number of nitrogens with zero attached hydrogens (tertiary/aromatic N) is 4. The lowest BCUT2D eigenvalue weighted by atomic mass is 9.93. The van der Waals surface area contributed by atoms with Crippen LogP contribution in [-0.2, 0) is 6.54 Å². The molecule has 136 valence electrons. The number of amides is 1. The standard InChI is InChI=1S/C19H23N5OS/c1-13-6-10-26-17(13)12-23-8-4-14(5-9-23)16-3-7-21-18-15(19(25)20-2)11-22-24(16)18/h3,6-7,10-11,14H,4-5,8-9,12H2,1-2H3,(H,20,25). The molecule has 0 unspecified atom stereocenters. The molecule has 0 radical (unpaired) electrons. The van der Waals surface area contributed by atoms with Gasteiger partial charge in [0.25, 0.3) is 5.91 Å².